The van der Waals surface area contributed by atoms with Crippen molar-refractivity contribution in [2.75, 3.05) is 5.32 Å². The number of aromatic nitrogens is 1. The number of hydrogen-bond acceptors (Lipinski definition) is 3. The molecule has 3 aromatic carbocycles. The molecule has 0 spiro atoms. The number of carboxylic acid groups (broad SMARTS) is 1. The zero-order valence-corrected chi connectivity index (χ0v) is 15.9. The van der Waals surface area contributed by atoms with Gasteiger partial charge in [-0.05, 0) is 23.3 Å². The highest BCUT2D eigenvalue weighted by molar-refractivity contribution is 6.11. The zero-order chi connectivity index (χ0) is 20.9. The molecule has 0 saturated carbocycles. The van der Waals surface area contributed by atoms with Gasteiger partial charge in [-0.1, -0.05) is 72.8 Å². The van der Waals surface area contributed by atoms with Gasteiger partial charge >= 0.3 is 5.97 Å². The fourth-order valence-corrected chi connectivity index (χ4v) is 3.26. The van der Waals surface area contributed by atoms with Crippen LogP contribution in [0.5, 0.6) is 0 Å². The van der Waals surface area contributed by atoms with Crippen LogP contribution in [0.15, 0.2) is 97.3 Å². The number of aromatic carboxylic acids is 1. The molecule has 4 rings (SSSR count). The molecular weight excluding hydrogens is 376 g/mol. The number of hydrogen-bond donors (Lipinski definition) is 2. The van der Waals surface area contributed by atoms with Crippen LogP contribution in [0.25, 0.3) is 22.3 Å². The second-order valence-corrected chi connectivity index (χ2v) is 6.68. The lowest BCUT2D eigenvalue weighted by Gasteiger charge is -2.14. The zero-order valence-electron chi connectivity index (χ0n) is 15.9. The predicted octanol–water partition coefficient (Wildman–Crippen LogP) is 5.37. The number of nitrogens with zero attached hydrogens (tertiary/aromatic N) is 1. The van der Waals surface area contributed by atoms with E-state index in [1.807, 2.05) is 60.7 Å². The summed E-state index contributed by atoms with van der Waals surface area (Å²) in [6, 6.07) is 25.6. The summed E-state index contributed by atoms with van der Waals surface area (Å²) in [4.78, 5) is 29.0. The SMILES string of the molecule is O=C(Nc1c(C(=O)O)cccc1-c1ccccc1)c1cncc(-c2ccccc2)c1. The second-order valence-electron chi connectivity index (χ2n) is 6.68. The van der Waals surface area contributed by atoms with Crippen LogP contribution >= 0.6 is 0 Å². The van der Waals surface area contributed by atoms with E-state index in [2.05, 4.69) is 10.3 Å². The molecule has 5 heteroatoms. The molecule has 1 heterocycles. The van der Waals surface area contributed by atoms with E-state index in [0.29, 0.717) is 11.1 Å². The molecule has 0 aliphatic heterocycles. The maximum Gasteiger partial charge on any atom is 0.337 e. The number of carbonyl (C=O) groups excluding carboxylic acids is 1. The second kappa shape index (κ2) is 8.41. The van der Waals surface area contributed by atoms with Crippen LogP contribution in [-0.4, -0.2) is 22.0 Å². The average Bonchev–Trinajstić information content (AvgIpc) is 2.80. The summed E-state index contributed by atoms with van der Waals surface area (Å²) in [5.41, 5.74) is 3.82. The van der Waals surface area contributed by atoms with Gasteiger partial charge in [0.1, 0.15) is 0 Å². The van der Waals surface area contributed by atoms with Gasteiger partial charge < -0.3 is 10.4 Å². The van der Waals surface area contributed by atoms with E-state index in [9.17, 15) is 14.7 Å². The molecule has 0 unspecified atom stereocenters. The first-order valence-electron chi connectivity index (χ1n) is 9.37. The van der Waals surface area contributed by atoms with Crippen molar-refractivity contribution >= 4 is 17.6 Å². The summed E-state index contributed by atoms with van der Waals surface area (Å²) in [7, 11) is 0. The molecule has 0 radical (unpaired) electrons. The van der Waals surface area contributed by atoms with Crippen LogP contribution in [0.4, 0.5) is 5.69 Å². The lowest BCUT2D eigenvalue weighted by Crippen LogP contribution is -2.16. The lowest BCUT2D eigenvalue weighted by atomic mass is 9.99. The van der Waals surface area contributed by atoms with Gasteiger partial charge in [-0.15, -0.1) is 0 Å². The summed E-state index contributed by atoms with van der Waals surface area (Å²) in [6.07, 6.45) is 3.15. The summed E-state index contributed by atoms with van der Waals surface area (Å²) >= 11 is 0. The van der Waals surface area contributed by atoms with Crippen molar-refractivity contribution < 1.29 is 14.7 Å². The third-order valence-electron chi connectivity index (χ3n) is 4.73. The van der Waals surface area contributed by atoms with Crippen LogP contribution in [0.3, 0.4) is 0 Å². The fraction of sp³-hybridized carbons (Fsp3) is 0. The first kappa shape index (κ1) is 19.1. The van der Waals surface area contributed by atoms with E-state index < -0.39 is 11.9 Å². The molecule has 1 aromatic heterocycles. The standard InChI is InChI=1S/C25H18N2O3/c28-24(20-14-19(15-26-16-20)17-8-3-1-4-9-17)27-23-21(18-10-5-2-6-11-18)12-7-13-22(23)25(29)30/h1-16H,(H,27,28)(H,29,30). The Balaban J connectivity index is 1.73. The highest BCUT2D eigenvalue weighted by atomic mass is 16.4. The summed E-state index contributed by atoms with van der Waals surface area (Å²) in [5, 5.41) is 12.4. The number of pyridine rings is 1. The highest BCUT2D eigenvalue weighted by Crippen LogP contribution is 2.32. The molecule has 2 N–H and O–H groups in total. The van der Waals surface area contributed by atoms with E-state index in [4.69, 9.17) is 0 Å². The van der Waals surface area contributed by atoms with Crippen molar-refractivity contribution in [1.82, 2.24) is 4.98 Å². The average molecular weight is 394 g/mol. The normalized spacial score (nSPS) is 10.4. The molecule has 30 heavy (non-hydrogen) atoms. The molecule has 0 saturated heterocycles. The van der Waals surface area contributed by atoms with E-state index in [1.165, 1.54) is 12.3 Å². The van der Waals surface area contributed by atoms with Gasteiger partial charge in [-0.25, -0.2) is 4.79 Å². The minimum absolute atomic E-state index is 0.0249. The molecule has 0 bridgehead atoms. The van der Waals surface area contributed by atoms with E-state index in [1.54, 1.807) is 24.4 Å². The highest BCUT2D eigenvalue weighted by Gasteiger charge is 2.18. The van der Waals surface area contributed by atoms with E-state index >= 15 is 0 Å². The van der Waals surface area contributed by atoms with Gasteiger partial charge in [-0.3, -0.25) is 9.78 Å². The Morgan fingerprint density at radius 3 is 2.07 bits per heavy atom. The number of benzene rings is 3. The molecule has 4 aromatic rings. The number of carbonyl (C=O) groups is 2. The molecule has 146 valence electrons. The Kier molecular flexibility index (Phi) is 5.35. The monoisotopic (exact) mass is 394 g/mol. The van der Waals surface area contributed by atoms with Crippen LogP contribution in [0.2, 0.25) is 0 Å². The first-order chi connectivity index (χ1) is 14.6. The maximum absolute atomic E-state index is 13.0. The van der Waals surface area contributed by atoms with Crippen molar-refractivity contribution in [1.29, 1.82) is 0 Å². The predicted molar refractivity (Wildman–Crippen MR) is 116 cm³/mol. The van der Waals surface area contributed by atoms with Gasteiger partial charge in [0.15, 0.2) is 0 Å². The van der Waals surface area contributed by atoms with Gasteiger partial charge in [-0.2, -0.15) is 0 Å². The van der Waals surface area contributed by atoms with Crippen molar-refractivity contribution in [3.05, 3.63) is 108 Å². The van der Waals surface area contributed by atoms with Gasteiger partial charge in [0, 0.05) is 23.5 Å². The van der Waals surface area contributed by atoms with Gasteiger partial charge in [0.2, 0.25) is 0 Å². The number of nitrogens with one attached hydrogen (secondary N) is 1. The Morgan fingerprint density at radius 2 is 1.40 bits per heavy atom. The Morgan fingerprint density at radius 1 is 0.733 bits per heavy atom. The number of carboxylic acids is 1. The number of para-hydroxylation sites is 1. The molecule has 1 amide bonds. The third-order valence-corrected chi connectivity index (χ3v) is 4.73. The molecule has 0 aliphatic carbocycles. The number of rotatable bonds is 5. The quantitative estimate of drug-likeness (QED) is 0.477. The topological polar surface area (TPSA) is 79.3 Å². The molecule has 0 fully saturated rings. The van der Waals surface area contributed by atoms with Crippen molar-refractivity contribution in [2.45, 2.75) is 0 Å². The lowest BCUT2D eigenvalue weighted by molar-refractivity contribution is 0.0698. The van der Waals surface area contributed by atoms with E-state index in [-0.39, 0.29) is 11.3 Å². The summed E-state index contributed by atoms with van der Waals surface area (Å²) < 4.78 is 0. The number of anilines is 1. The Hall–Kier alpha value is -4.25. The summed E-state index contributed by atoms with van der Waals surface area (Å²) in [5.74, 6) is -1.54. The van der Waals surface area contributed by atoms with Crippen molar-refractivity contribution in [3.63, 3.8) is 0 Å². The Labute approximate surface area is 173 Å². The fourth-order valence-electron chi connectivity index (χ4n) is 3.26. The summed E-state index contributed by atoms with van der Waals surface area (Å²) in [6.45, 7) is 0. The van der Waals surface area contributed by atoms with Crippen LogP contribution in [-0.2, 0) is 0 Å². The van der Waals surface area contributed by atoms with E-state index in [0.717, 1.165) is 16.7 Å². The van der Waals surface area contributed by atoms with Gasteiger partial charge in [0.25, 0.3) is 5.91 Å². The number of amides is 1. The molecule has 0 aliphatic rings. The van der Waals surface area contributed by atoms with Crippen molar-refractivity contribution in [2.24, 2.45) is 0 Å². The smallest absolute Gasteiger partial charge is 0.337 e. The largest absolute Gasteiger partial charge is 0.478 e. The van der Waals surface area contributed by atoms with Crippen LogP contribution in [0.1, 0.15) is 20.7 Å². The van der Waals surface area contributed by atoms with Crippen molar-refractivity contribution in [3.8, 4) is 22.3 Å². The Bertz CT molecular complexity index is 1210. The van der Waals surface area contributed by atoms with Crippen LogP contribution in [0, 0.1) is 0 Å². The minimum atomic E-state index is -1.11. The molecule has 5 nitrogen and oxygen atoms in total. The minimum Gasteiger partial charge on any atom is -0.478 e. The first-order valence-corrected chi connectivity index (χ1v) is 9.37. The maximum atomic E-state index is 13.0. The van der Waals surface area contributed by atoms with Gasteiger partial charge in [0.05, 0.1) is 16.8 Å². The van der Waals surface area contributed by atoms with Crippen LogP contribution < -0.4 is 5.32 Å². The molecule has 0 atom stereocenters. The molecular formula is C25H18N2O3. The third kappa shape index (κ3) is 3.95.